The molecule has 29 heavy (non-hydrogen) atoms. The van der Waals surface area contributed by atoms with Crippen molar-refractivity contribution in [2.75, 3.05) is 11.4 Å². The molecule has 5 nitrogen and oxygen atoms in total. The fourth-order valence-corrected chi connectivity index (χ4v) is 2.97. The predicted octanol–water partition coefficient (Wildman–Crippen LogP) is 5.94. The van der Waals surface area contributed by atoms with Crippen molar-refractivity contribution in [3.8, 4) is 11.3 Å². The topological polar surface area (TPSA) is 57.7 Å². The van der Waals surface area contributed by atoms with E-state index in [4.69, 9.17) is 4.98 Å². The summed E-state index contributed by atoms with van der Waals surface area (Å²) in [4.78, 5) is 10.6. The average Bonchev–Trinajstić information content (AvgIpc) is 2.74. The number of H-pyrrole nitrogens is 1. The van der Waals surface area contributed by atoms with Crippen molar-refractivity contribution in [3.63, 3.8) is 0 Å². The second-order valence-corrected chi connectivity index (χ2v) is 8.02. The van der Waals surface area contributed by atoms with Crippen LogP contribution in [0.25, 0.3) is 17.3 Å². The lowest BCUT2D eigenvalue weighted by molar-refractivity contribution is 0.404. The normalized spacial score (nSPS) is 10.9. The summed E-state index contributed by atoms with van der Waals surface area (Å²) in [6, 6.07) is 4.85. The molecule has 0 radical (unpaired) electrons. The minimum absolute atomic E-state index is 0.0762. The minimum Gasteiger partial charge on any atom is -0.330 e. The van der Waals surface area contributed by atoms with Gasteiger partial charge >= 0.3 is 0 Å². The van der Waals surface area contributed by atoms with Crippen LogP contribution >= 0.6 is 0 Å². The second-order valence-electron chi connectivity index (χ2n) is 8.02. The van der Waals surface area contributed by atoms with Crippen LogP contribution in [0.5, 0.6) is 0 Å². The number of hydrogen-bond donors (Lipinski definition) is 1. The number of hydrogen-bond acceptors (Lipinski definition) is 4. The number of nitrogens with zero attached hydrogens (tertiary/aromatic N) is 4. The lowest BCUT2D eigenvalue weighted by atomic mass is 9.90. The molecule has 0 aliphatic heterocycles. The Morgan fingerprint density at radius 2 is 2.07 bits per heavy atom. The van der Waals surface area contributed by atoms with Gasteiger partial charge in [-0.15, -0.1) is 0 Å². The van der Waals surface area contributed by atoms with E-state index in [9.17, 15) is 4.39 Å². The van der Waals surface area contributed by atoms with Crippen LogP contribution in [-0.2, 0) is 0 Å². The number of aromatic amines is 1. The standard InChI is InChI=1S/C23H30FN5/c1-7-13-29(17(3)15-23(4,5)6)22-18(8-2)16-27-26-12-10-20(28-22)19-9-11-25-21(24)14-19/h8-12,14,16,26H,2-3,7,13,15H2,1,4-6H3. The van der Waals surface area contributed by atoms with E-state index in [2.05, 4.69) is 60.9 Å². The van der Waals surface area contributed by atoms with Crippen molar-refractivity contribution in [2.45, 2.75) is 40.5 Å². The first-order valence-corrected chi connectivity index (χ1v) is 9.73. The number of pyridine rings is 1. The van der Waals surface area contributed by atoms with Crippen molar-refractivity contribution >= 4 is 11.9 Å². The summed E-state index contributed by atoms with van der Waals surface area (Å²) in [6.07, 6.45) is 8.20. The molecule has 0 saturated carbocycles. The van der Waals surface area contributed by atoms with Crippen molar-refractivity contribution in [3.05, 3.63) is 67.2 Å². The van der Waals surface area contributed by atoms with E-state index in [1.807, 2.05) is 0 Å². The fraction of sp³-hybridized carbons (Fsp3) is 0.348. The summed E-state index contributed by atoms with van der Waals surface area (Å²) in [7, 11) is 0. The summed E-state index contributed by atoms with van der Waals surface area (Å²) in [6.45, 7) is 17.7. The Morgan fingerprint density at radius 3 is 2.69 bits per heavy atom. The van der Waals surface area contributed by atoms with E-state index < -0.39 is 5.95 Å². The van der Waals surface area contributed by atoms with Gasteiger partial charge in [-0.2, -0.15) is 9.49 Å². The molecule has 0 fully saturated rings. The molecular weight excluding hydrogens is 365 g/mol. The van der Waals surface area contributed by atoms with E-state index in [1.165, 1.54) is 12.3 Å². The lowest BCUT2D eigenvalue weighted by Gasteiger charge is -2.30. The number of rotatable bonds is 7. The number of aromatic nitrogens is 4. The van der Waals surface area contributed by atoms with Gasteiger partial charge in [-0.05, 0) is 30.4 Å². The molecule has 0 aliphatic carbocycles. The Morgan fingerprint density at radius 1 is 1.31 bits per heavy atom. The molecule has 2 aromatic rings. The molecule has 0 spiro atoms. The smallest absolute Gasteiger partial charge is 0.213 e. The molecule has 0 unspecified atom stereocenters. The van der Waals surface area contributed by atoms with Gasteiger partial charge in [-0.25, -0.2) is 9.97 Å². The maximum atomic E-state index is 13.7. The van der Waals surface area contributed by atoms with E-state index >= 15 is 0 Å². The van der Waals surface area contributed by atoms with Gasteiger partial charge in [0.25, 0.3) is 0 Å². The van der Waals surface area contributed by atoms with Gasteiger partial charge in [-0.3, -0.25) is 5.10 Å². The molecule has 0 aliphatic rings. The predicted molar refractivity (Wildman–Crippen MR) is 118 cm³/mol. The number of anilines is 1. The van der Waals surface area contributed by atoms with Crippen LogP contribution < -0.4 is 4.90 Å². The van der Waals surface area contributed by atoms with E-state index in [0.29, 0.717) is 17.1 Å². The molecule has 0 atom stereocenters. The third-order valence-corrected chi connectivity index (χ3v) is 4.14. The summed E-state index contributed by atoms with van der Waals surface area (Å²) >= 11 is 0. The van der Waals surface area contributed by atoms with Crippen LogP contribution in [0.4, 0.5) is 10.2 Å². The summed E-state index contributed by atoms with van der Waals surface area (Å²) < 4.78 is 13.7. The molecule has 2 aromatic heterocycles. The first-order valence-electron chi connectivity index (χ1n) is 9.73. The molecule has 2 rings (SSSR count). The highest BCUT2D eigenvalue weighted by atomic mass is 19.1. The Labute approximate surface area is 172 Å². The summed E-state index contributed by atoms with van der Waals surface area (Å²) in [5.74, 6) is 0.125. The molecular formula is C23H30FN5. The first kappa shape index (κ1) is 22.3. The van der Waals surface area contributed by atoms with Crippen LogP contribution in [0.2, 0.25) is 0 Å². The Balaban J connectivity index is 2.74. The maximum Gasteiger partial charge on any atom is 0.213 e. The fourth-order valence-electron chi connectivity index (χ4n) is 2.97. The second kappa shape index (κ2) is 9.96. The number of nitrogens with one attached hydrogen (secondary N) is 1. The van der Waals surface area contributed by atoms with E-state index in [1.54, 1.807) is 30.6 Å². The monoisotopic (exact) mass is 395 g/mol. The van der Waals surface area contributed by atoms with Gasteiger partial charge in [0.05, 0.1) is 11.9 Å². The highest BCUT2D eigenvalue weighted by Crippen LogP contribution is 2.30. The molecule has 0 saturated heterocycles. The quantitative estimate of drug-likeness (QED) is 0.590. The zero-order valence-electron chi connectivity index (χ0n) is 17.7. The zero-order valence-corrected chi connectivity index (χ0v) is 17.7. The summed E-state index contributed by atoms with van der Waals surface area (Å²) in [5.41, 5.74) is 2.99. The lowest BCUT2D eigenvalue weighted by Crippen LogP contribution is -2.27. The van der Waals surface area contributed by atoms with Gasteiger partial charge in [0.2, 0.25) is 5.95 Å². The van der Waals surface area contributed by atoms with Crippen LogP contribution in [0.15, 0.2) is 55.6 Å². The number of allylic oxidation sites excluding steroid dienone is 1. The SMILES string of the molecule is C=Cc1cn[nH]ccc(-c2ccnc(F)c2)nc1N(CCC)C(=C)CC(C)(C)C. The zero-order chi connectivity index (χ0) is 21.4. The van der Waals surface area contributed by atoms with Crippen LogP contribution in [0, 0.1) is 11.4 Å². The van der Waals surface area contributed by atoms with Gasteiger partial charge in [-0.1, -0.05) is 46.9 Å². The molecule has 0 aromatic carbocycles. The molecule has 154 valence electrons. The van der Waals surface area contributed by atoms with Crippen LogP contribution in [0.1, 0.15) is 46.1 Å². The van der Waals surface area contributed by atoms with Crippen molar-refractivity contribution in [2.24, 2.45) is 5.41 Å². The van der Waals surface area contributed by atoms with Crippen molar-refractivity contribution in [1.29, 1.82) is 0 Å². The van der Waals surface area contributed by atoms with Gasteiger partial charge in [0, 0.05) is 41.8 Å². The van der Waals surface area contributed by atoms with Gasteiger partial charge < -0.3 is 4.90 Å². The molecule has 0 amide bonds. The van der Waals surface area contributed by atoms with Crippen molar-refractivity contribution < 1.29 is 4.39 Å². The van der Waals surface area contributed by atoms with E-state index in [0.717, 1.165) is 30.6 Å². The molecule has 0 bridgehead atoms. The highest BCUT2D eigenvalue weighted by Gasteiger charge is 2.20. The third kappa shape index (κ3) is 6.52. The van der Waals surface area contributed by atoms with Crippen molar-refractivity contribution in [1.82, 2.24) is 20.2 Å². The largest absolute Gasteiger partial charge is 0.330 e. The molecule has 1 N–H and O–H groups in total. The van der Waals surface area contributed by atoms with Crippen LogP contribution in [-0.4, -0.2) is 26.7 Å². The average molecular weight is 396 g/mol. The summed E-state index contributed by atoms with van der Waals surface area (Å²) in [5, 5.41) is 7.05. The Bertz CT molecular complexity index is 909. The number of halogens is 1. The molecule has 2 heterocycles. The first-order chi connectivity index (χ1) is 13.7. The van der Waals surface area contributed by atoms with Gasteiger partial charge in [0.1, 0.15) is 5.82 Å². The molecule has 6 heteroatoms. The Hall–Kier alpha value is -3.02. The minimum atomic E-state index is -0.556. The third-order valence-electron chi connectivity index (χ3n) is 4.14. The van der Waals surface area contributed by atoms with Crippen LogP contribution in [0.3, 0.4) is 0 Å². The Kier molecular flexibility index (Phi) is 7.65. The van der Waals surface area contributed by atoms with E-state index in [-0.39, 0.29) is 5.41 Å². The maximum absolute atomic E-state index is 13.7. The highest BCUT2D eigenvalue weighted by molar-refractivity contribution is 5.67. The van der Waals surface area contributed by atoms with Gasteiger partial charge in [0.15, 0.2) is 0 Å².